The Morgan fingerprint density at radius 3 is 3.00 bits per heavy atom. The van der Waals surface area contributed by atoms with Gasteiger partial charge in [0, 0.05) is 11.6 Å². The van der Waals surface area contributed by atoms with E-state index in [1.165, 1.54) is 6.26 Å². The highest BCUT2D eigenvalue weighted by Crippen LogP contribution is 2.18. The maximum Gasteiger partial charge on any atom is 0.228 e. The Kier molecular flexibility index (Phi) is 1.40. The number of hydrogen-bond donors (Lipinski definition) is 0. The molecule has 0 spiro atoms. The predicted molar refractivity (Wildman–Crippen MR) is 40.3 cm³/mol. The third-order valence-electron chi connectivity index (χ3n) is 1.75. The van der Waals surface area contributed by atoms with Crippen LogP contribution >= 0.6 is 0 Å². The molecule has 0 aromatic heterocycles. The molecule has 11 heavy (non-hydrogen) atoms. The number of benzene rings is 1. The molecular formula is C9H8O2. The molecule has 1 aliphatic heterocycles. The van der Waals surface area contributed by atoms with Gasteiger partial charge in [-0.25, -0.2) is 0 Å². The molecule has 56 valence electrons. The molecule has 2 rings (SSSR count). The molecule has 1 aliphatic rings. The van der Waals surface area contributed by atoms with Crippen LogP contribution in [0.25, 0.3) is 6.08 Å². The van der Waals surface area contributed by atoms with Crippen molar-refractivity contribution in [2.75, 3.05) is 0 Å². The van der Waals surface area contributed by atoms with Crippen molar-refractivity contribution in [3.05, 3.63) is 41.7 Å². The van der Waals surface area contributed by atoms with E-state index in [9.17, 15) is 5.26 Å². The van der Waals surface area contributed by atoms with Gasteiger partial charge in [0.15, 0.2) is 0 Å². The maximum absolute atomic E-state index is 10.8. The smallest absolute Gasteiger partial charge is 0.228 e. The zero-order chi connectivity index (χ0) is 7.68. The molecule has 0 amide bonds. The summed E-state index contributed by atoms with van der Waals surface area (Å²) in [6.07, 6.45) is 3.28. The van der Waals surface area contributed by atoms with Gasteiger partial charge in [0.1, 0.15) is 0 Å². The Hall–Kier alpha value is -1.28. The third-order valence-corrected chi connectivity index (χ3v) is 1.75. The molecule has 0 N–H and O–H groups in total. The summed E-state index contributed by atoms with van der Waals surface area (Å²) in [5.41, 5.74) is 2.20. The fourth-order valence-corrected chi connectivity index (χ4v) is 1.18. The summed E-state index contributed by atoms with van der Waals surface area (Å²) in [5, 5.41) is 10.8. The van der Waals surface area contributed by atoms with Gasteiger partial charge in [-0.05, 0) is 11.6 Å². The van der Waals surface area contributed by atoms with Crippen LogP contribution < -0.4 is 5.26 Å². The second-order valence-electron chi connectivity index (χ2n) is 2.53. The van der Waals surface area contributed by atoms with Crippen LogP contribution in [0, 0.1) is 0 Å². The number of hydrogen-bond acceptors (Lipinski definition) is 1. The molecule has 0 atom stereocenters. The largest absolute Gasteiger partial charge is 0.567 e. The van der Waals surface area contributed by atoms with E-state index < -0.39 is 0 Å². The molecule has 1 aromatic rings. The van der Waals surface area contributed by atoms with Crippen molar-refractivity contribution in [1.29, 1.82) is 0 Å². The van der Waals surface area contributed by atoms with Crippen molar-refractivity contribution in [1.82, 2.24) is 0 Å². The van der Waals surface area contributed by atoms with Crippen LogP contribution in [0.5, 0.6) is 0 Å². The highest BCUT2D eigenvalue weighted by Gasteiger charge is 2.08. The van der Waals surface area contributed by atoms with Crippen LogP contribution in [-0.4, -0.2) is 0 Å². The van der Waals surface area contributed by atoms with Gasteiger partial charge in [-0.15, -0.1) is 0 Å². The standard InChI is InChI=1S/C9H8O2/c10-11-6-5-8-3-1-2-4-9(8)7-11/h1-6H,7H2. The Labute approximate surface area is 65.0 Å². The predicted octanol–water partition coefficient (Wildman–Crippen LogP) is 0.998. The van der Waals surface area contributed by atoms with E-state index in [1.54, 1.807) is 10.6 Å². The first-order chi connectivity index (χ1) is 5.36. The zero-order valence-electron chi connectivity index (χ0n) is 5.99. The highest BCUT2D eigenvalue weighted by atomic mass is 17.2. The second-order valence-corrected chi connectivity index (χ2v) is 2.53. The average molecular weight is 148 g/mol. The van der Waals surface area contributed by atoms with Gasteiger partial charge in [-0.3, -0.25) is 0 Å². The molecule has 0 unspecified atom stereocenters. The molecule has 0 saturated carbocycles. The van der Waals surface area contributed by atoms with E-state index in [0.29, 0.717) is 6.61 Å². The Balaban J connectivity index is 2.46. The lowest BCUT2D eigenvalue weighted by Gasteiger charge is -2.24. The summed E-state index contributed by atoms with van der Waals surface area (Å²) in [7, 11) is 0. The monoisotopic (exact) mass is 148 g/mol. The van der Waals surface area contributed by atoms with E-state index in [-0.39, 0.29) is 0 Å². The molecular weight excluding hydrogens is 140 g/mol. The fourth-order valence-electron chi connectivity index (χ4n) is 1.18. The molecule has 0 bridgehead atoms. The molecule has 2 nitrogen and oxygen atoms in total. The van der Waals surface area contributed by atoms with Gasteiger partial charge < -0.3 is 9.78 Å². The third kappa shape index (κ3) is 1.12. The highest BCUT2D eigenvalue weighted by molar-refractivity contribution is 5.54. The average Bonchev–Trinajstić information content (AvgIpc) is 2.04. The van der Waals surface area contributed by atoms with Crippen LogP contribution in [0.15, 0.2) is 30.5 Å². The zero-order valence-corrected chi connectivity index (χ0v) is 5.99. The maximum atomic E-state index is 10.8. The summed E-state index contributed by atoms with van der Waals surface area (Å²) in [6.45, 7) is 0.396. The van der Waals surface area contributed by atoms with Crippen LogP contribution in [0.3, 0.4) is 0 Å². The van der Waals surface area contributed by atoms with Crippen LogP contribution in [-0.2, 0) is 11.1 Å². The summed E-state index contributed by atoms with van der Waals surface area (Å²) in [5.74, 6) is 0. The summed E-state index contributed by atoms with van der Waals surface area (Å²) in [6, 6.07) is 7.86. The topological polar surface area (TPSA) is 25.8 Å². The van der Waals surface area contributed by atoms with Crippen LogP contribution in [0.2, 0.25) is 0 Å². The molecule has 1 aromatic carbocycles. The molecule has 0 aliphatic carbocycles. The SMILES string of the molecule is [O-][O+]1C=Cc2ccccc2C1. The van der Waals surface area contributed by atoms with Crippen molar-refractivity contribution in [3.63, 3.8) is 0 Å². The van der Waals surface area contributed by atoms with E-state index in [1.807, 2.05) is 24.3 Å². The Morgan fingerprint density at radius 2 is 2.09 bits per heavy atom. The van der Waals surface area contributed by atoms with Gasteiger partial charge >= 0.3 is 0 Å². The first-order valence-electron chi connectivity index (χ1n) is 3.49. The molecule has 1 heterocycles. The summed E-state index contributed by atoms with van der Waals surface area (Å²) < 4.78 is 1.67. The van der Waals surface area contributed by atoms with E-state index in [2.05, 4.69) is 0 Å². The van der Waals surface area contributed by atoms with Crippen LogP contribution in [0.4, 0.5) is 0 Å². The van der Waals surface area contributed by atoms with E-state index >= 15 is 0 Å². The normalized spacial score (nSPS) is 14.8. The van der Waals surface area contributed by atoms with Gasteiger partial charge in [0.25, 0.3) is 0 Å². The quantitative estimate of drug-likeness (QED) is 0.398. The lowest BCUT2D eigenvalue weighted by Crippen LogP contribution is -2.22. The lowest BCUT2D eigenvalue weighted by atomic mass is 10.1. The van der Waals surface area contributed by atoms with Gasteiger partial charge in [0.2, 0.25) is 12.9 Å². The summed E-state index contributed by atoms with van der Waals surface area (Å²) >= 11 is 0. The Morgan fingerprint density at radius 1 is 1.27 bits per heavy atom. The first-order valence-corrected chi connectivity index (χ1v) is 3.49. The van der Waals surface area contributed by atoms with Gasteiger partial charge in [0.05, 0.1) is 0 Å². The fraction of sp³-hybridized carbons (Fsp3) is 0.111. The van der Waals surface area contributed by atoms with E-state index in [0.717, 1.165) is 11.1 Å². The number of fused-ring (bicyclic) bond motifs is 1. The minimum Gasteiger partial charge on any atom is -0.567 e. The molecule has 2 heteroatoms. The van der Waals surface area contributed by atoms with Crippen LogP contribution in [0.1, 0.15) is 11.1 Å². The molecule has 0 saturated heterocycles. The van der Waals surface area contributed by atoms with Gasteiger partial charge in [-0.2, -0.15) is 0 Å². The molecule has 0 radical (unpaired) electrons. The minimum atomic E-state index is 0.396. The van der Waals surface area contributed by atoms with Crippen molar-refractivity contribution < 1.29 is 9.78 Å². The second kappa shape index (κ2) is 2.40. The Bertz CT molecular complexity index is 291. The summed E-state index contributed by atoms with van der Waals surface area (Å²) in [4.78, 5) is 0. The molecule has 0 fully saturated rings. The van der Waals surface area contributed by atoms with Gasteiger partial charge in [-0.1, -0.05) is 18.2 Å². The number of rotatable bonds is 0. The van der Waals surface area contributed by atoms with Crippen molar-refractivity contribution in [2.24, 2.45) is 0 Å². The van der Waals surface area contributed by atoms with Crippen molar-refractivity contribution in [2.45, 2.75) is 6.61 Å². The minimum absolute atomic E-state index is 0.396. The lowest BCUT2D eigenvalue weighted by molar-refractivity contribution is -0.775. The van der Waals surface area contributed by atoms with Crippen molar-refractivity contribution in [3.8, 4) is 0 Å². The van der Waals surface area contributed by atoms with E-state index in [4.69, 9.17) is 0 Å². The van der Waals surface area contributed by atoms with Crippen molar-refractivity contribution >= 4 is 6.08 Å². The first kappa shape index (κ1) is 6.43.